The van der Waals surface area contributed by atoms with Crippen molar-refractivity contribution in [3.8, 4) is 22.5 Å². The Bertz CT molecular complexity index is 1170. The van der Waals surface area contributed by atoms with Gasteiger partial charge in [0.05, 0.1) is 23.0 Å². The molecule has 0 radical (unpaired) electrons. The smallest absolute Gasteiger partial charge is 0.212 e. The lowest BCUT2D eigenvalue weighted by Crippen LogP contribution is -1.90. The van der Waals surface area contributed by atoms with Crippen LogP contribution >= 0.6 is 11.3 Å². The number of hydrogen-bond acceptors (Lipinski definition) is 4. The van der Waals surface area contributed by atoms with Crippen LogP contribution in [0, 0.1) is 6.92 Å². The van der Waals surface area contributed by atoms with Gasteiger partial charge in [-0.1, -0.05) is 47.7 Å². The summed E-state index contributed by atoms with van der Waals surface area (Å²) in [5.41, 5.74) is 5.09. The maximum Gasteiger partial charge on any atom is 0.212 e. The van der Waals surface area contributed by atoms with Crippen molar-refractivity contribution in [2.45, 2.75) is 6.92 Å². The van der Waals surface area contributed by atoms with E-state index in [2.05, 4.69) is 28.3 Å². The fraction of sp³-hybridized carbons (Fsp3) is 0.0556. The molecule has 4 heterocycles. The standard InChI is InChI=1S/C18H13N5S/c1-12-20-23-15(11-19-18(23)24-12)16-14-9-5-6-10-22(14)21-17(16)13-7-3-2-4-8-13/h2-11H,1H3. The molecule has 0 aliphatic carbocycles. The highest BCUT2D eigenvalue weighted by Crippen LogP contribution is 2.35. The van der Waals surface area contributed by atoms with Gasteiger partial charge in [0.1, 0.15) is 10.7 Å². The monoisotopic (exact) mass is 331 g/mol. The van der Waals surface area contributed by atoms with E-state index in [9.17, 15) is 0 Å². The fourth-order valence-electron chi connectivity index (χ4n) is 3.01. The fourth-order valence-corrected chi connectivity index (χ4v) is 3.73. The zero-order valence-electron chi connectivity index (χ0n) is 12.9. The molecule has 0 aliphatic rings. The van der Waals surface area contributed by atoms with Gasteiger partial charge in [-0.3, -0.25) is 0 Å². The van der Waals surface area contributed by atoms with Crippen LogP contribution in [0.1, 0.15) is 5.01 Å². The number of aryl methyl sites for hydroxylation is 1. The molecule has 5 rings (SSSR count). The second-order valence-corrected chi connectivity index (χ2v) is 6.74. The Kier molecular flexibility index (Phi) is 2.80. The maximum absolute atomic E-state index is 4.80. The molecule has 0 atom stereocenters. The van der Waals surface area contributed by atoms with E-state index >= 15 is 0 Å². The second-order valence-electron chi connectivity index (χ2n) is 5.58. The second kappa shape index (κ2) is 5.01. The van der Waals surface area contributed by atoms with Gasteiger partial charge in [-0.15, -0.1) is 0 Å². The molecule has 24 heavy (non-hydrogen) atoms. The summed E-state index contributed by atoms with van der Waals surface area (Å²) in [5, 5.41) is 10.4. The van der Waals surface area contributed by atoms with E-state index in [1.807, 2.05) is 58.7 Å². The molecule has 4 aromatic heterocycles. The molecule has 0 aliphatic heterocycles. The Balaban J connectivity index is 1.89. The van der Waals surface area contributed by atoms with E-state index in [0.717, 1.165) is 38.0 Å². The number of pyridine rings is 1. The molecular weight excluding hydrogens is 318 g/mol. The zero-order valence-corrected chi connectivity index (χ0v) is 13.7. The minimum Gasteiger partial charge on any atom is -0.240 e. The van der Waals surface area contributed by atoms with Crippen molar-refractivity contribution in [1.82, 2.24) is 24.2 Å². The van der Waals surface area contributed by atoms with Crippen LogP contribution in [0.4, 0.5) is 0 Å². The Hall–Kier alpha value is -2.99. The van der Waals surface area contributed by atoms with E-state index in [-0.39, 0.29) is 0 Å². The van der Waals surface area contributed by atoms with E-state index in [1.165, 1.54) is 0 Å². The molecule has 0 bridgehead atoms. The average Bonchev–Trinajstić information content (AvgIpc) is 3.27. The van der Waals surface area contributed by atoms with Gasteiger partial charge in [0.2, 0.25) is 4.96 Å². The van der Waals surface area contributed by atoms with Gasteiger partial charge in [0.25, 0.3) is 0 Å². The third-order valence-corrected chi connectivity index (χ3v) is 4.87. The van der Waals surface area contributed by atoms with E-state index in [4.69, 9.17) is 5.10 Å². The first-order chi connectivity index (χ1) is 11.8. The van der Waals surface area contributed by atoms with E-state index < -0.39 is 0 Å². The summed E-state index contributed by atoms with van der Waals surface area (Å²) in [6, 6.07) is 16.3. The first-order valence-electron chi connectivity index (χ1n) is 7.65. The molecule has 0 spiro atoms. The minimum atomic E-state index is 0.900. The van der Waals surface area contributed by atoms with Crippen molar-refractivity contribution in [1.29, 1.82) is 0 Å². The zero-order chi connectivity index (χ0) is 16.1. The quantitative estimate of drug-likeness (QED) is 0.490. The lowest BCUT2D eigenvalue weighted by Gasteiger charge is -2.02. The van der Waals surface area contributed by atoms with Crippen molar-refractivity contribution < 1.29 is 0 Å². The van der Waals surface area contributed by atoms with Crippen molar-refractivity contribution in [3.63, 3.8) is 0 Å². The van der Waals surface area contributed by atoms with Crippen LogP contribution in [0.15, 0.2) is 60.9 Å². The minimum absolute atomic E-state index is 0.900. The Labute approximate surface area is 141 Å². The summed E-state index contributed by atoms with van der Waals surface area (Å²) in [7, 11) is 0. The molecular formula is C18H13N5S. The SMILES string of the molecule is Cc1nn2c(-c3c(-c4ccccc4)nn4ccccc34)cnc2s1. The number of nitrogens with zero attached hydrogens (tertiary/aromatic N) is 5. The first-order valence-corrected chi connectivity index (χ1v) is 8.47. The highest BCUT2D eigenvalue weighted by atomic mass is 32.1. The van der Waals surface area contributed by atoms with Crippen molar-refractivity contribution in [2.24, 2.45) is 0 Å². The number of fused-ring (bicyclic) bond motifs is 2. The molecule has 116 valence electrons. The summed E-state index contributed by atoms with van der Waals surface area (Å²) < 4.78 is 3.83. The molecule has 0 saturated heterocycles. The maximum atomic E-state index is 4.80. The normalized spacial score (nSPS) is 11.5. The van der Waals surface area contributed by atoms with Crippen LogP contribution < -0.4 is 0 Å². The Morgan fingerprint density at radius 3 is 2.67 bits per heavy atom. The highest BCUT2D eigenvalue weighted by Gasteiger charge is 2.20. The van der Waals surface area contributed by atoms with Gasteiger partial charge in [-0.05, 0) is 19.1 Å². The van der Waals surface area contributed by atoms with Crippen molar-refractivity contribution in [3.05, 3.63) is 65.9 Å². The molecule has 0 unspecified atom stereocenters. The van der Waals surface area contributed by atoms with E-state index in [0.29, 0.717) is 0 Å². The van der Waals surface area contributed by atoms with Gasteiger partial charge in [0.15, 0.2) is 0 Å². The first kappa shape index (κ1) is 13.4. The lowest BCUT2D eigenvalue weighted by molar-refractivity contribution is 0.954. The molecule has 6 heteroatoms. The van der Waals surface area contributed by atoms with Crippen molar-refractivity contribution in [2.75, 3.05) is 0 Å². The lowest BCUT2D eigenvalue weighted by atomic mass is 10.0. The molecule has 0 saturated carbocycles. The summed E-state index contributed by atoms with van der Waals surface area (Å²) in [6.45, 7) is 2.00. The molecule has 5 aromatic rings. The number of rotatable bonds is 2. The van der Waals surface area contributed by atoms with Crippen LogP contribution in [0.2, 0.25) is 0 Å². The highest BCUT2D eigenvalue weighted by molar-refractivity contribution is 7.16. The molecule has 1 aromatic carbocycles. The summed E-state index contributed by atoms with van der Waals surface area (Å²) in [6.07, 6.45) is 3.85. The average molecular weight is 331 g/mol. The summed E-state index contributed by atoms with van der Waals surface area (Å²) >= 11 is 1.59. The summed E-state index contributed by atoms with van der Waals surface area (Å²) in [5.74, 6) is 0. The number of imidazole rings is 1. The van der Waals surface area contributed by atoms with Gasteiger partial charge in [0, 0.05) is 11.8 Å². The number of hydrogen-bond donors (Lipinski definition) is 0. The van der Waals surface area contributed by atoms with Crippen molar-refractivity contribution >= 4 is 21.8 Å². The molecule has 0 fully saturated rings. The predicted octanol–water partition coefficient (Wildman–Crippen LogP) is 4.08. The molecule has 0 amide bonds. The third-order valence-electron chi connectivity index (χ3n) is 4.03. The number of benzene rings is 1. The van der Waals surface area contributed by atoms with Crippen LogP contribution in [0.3, 0.4) is 0 Å². The van der Waals surface area contributed by atoms with Gasteiger partial charge in [-0.25, -0.2) is 14.0 Å². The van der Waals surface area contributed by atoms with Crippen LogP contribution in [-0.2, 0) is 0 Å². The van der Waals surface area contributed by atoms with Gasteiger partial charge >= 0.3 is 0 Å². The van der Waals surface area contributed by atoms with Crippen LogP contribution in [-0.4, -0.2) is 24.2 Å². The summed E-state index contributed by atoms with van der Waals surface area (Å²) in [4.78, 5) is 5.42. The Morgan fingerprint density at radius 1 is 0.958 bits per heavy atom. The predicted molar refractivity (Wildman–Crippen MR) is 95.2 cm³/mol. The third kappa shape index (κ3) is 1.90. The molecule has 5 nitrogen and oxygen atoms in total. The van der Waals surface area contributed by atoms with Crippen LogP contribution in [0.5, 0.6) is 0 Å². The van der Waals surface area contributed by atoms with E-state index in [1.54, 1.807) is 11.3 Å². The Morgan fingerprint density at radius 2 is 1.79 bits per heavy atom. The molecule has 0 N–H and O–H groups in total. The largest absolute Gasteiger partial charge is 0.240 e. The van der Waals surface area contributed by atoms with Gasteiger partial charge in [-0.2, -0.15) is 10.2 Å². The van der Waals surface area contributed by atoms with Crippen LogP contribution in [0.25, 0.3) is 33.0 Å². The number of aromatic nitrogens is 5. The van der Waals surface area contributed by atoms with Gasteiger partial charge < -0.3 is 0 Å². The topological polar surface area (TPSA) is 47.5 Å².